The molecule has 0 bridgehead atoms. The molecule has 1 aliphatic carbocycles. The van der Waals surface area contributed by atoms with Crippen LogP contribution in [-0.4, -0.2) is 37.5 Å². The van der Waals surface area contributed by atoms with E-state index in [0.29, 0.717) is 17.7 Å². The van der Waals surface area contributed by atoms with E-state index in [2.05, 4.69) is 10.2 Å². The number of hydrogen-bond acceptors (Lipinski definition) is 2. The molecule has 0 aromatic carbocycles. The van der Waals surface area contributed by atoms with Crippen LogP contribution < -0.4 is 5.32 Å². The van der Waals surface area contributed by atoms with Gasteiger partial charge in [0.25, 0.3) is 0 Å². The second-order valence-corrected chi connectivity index (χ2v) is 5.00. The minimum atomic E-state index is 0.356. The standard InChI is InChI=1S/C12H22N2O/c1-13-7-10-8-14(9-10)12(15)11-5-3-2-4-6-11/h10-11,13H,2-9H2,1H3. The topological polar surface area (TPSA) is 32.3 Å². The highest BCUT2D eigenvalue weighted by Crippen LogP contribution is 2.28. The Morgan fingerprint density at radius 2 is 1.93 bits per heavy atom. The predicted molar refractivity (Wildman–Crippen MR) is 60.6 cm³/mol. The molecule has 0 aromatic rings. The summed E-state index contributed by atoms with van der Waals surface area (Å²) in [5.41, 5.74) is 0. The molecule has 0 radical (unpaired) electrons. The summed E-state index contributed by atoms with van der Waals surface area (Å²) in [6.45, 7) is 3.01. The molecular weight excluding hydrogens is 188 g/mol. The van der Waals surface area contributed by atoms with Gasteiger partial charge in [-0.05, 0) is 19.9 Å². The van der Waals surface area contributed by atoms with Crippen molar-refractivity contribution in [1.82, 2.24) is 10.2 Å². The summed E-state index contributed by atoms with van der Waals surface area (Å²) in [4.78, 5) is 14.1. The molecule has 1 aliphatic heterocycles. The van der Waals surface area contributed by atoms with Crippen molar-refractivity contribution in [2.75, 3.05) is 26.7 Å². The molecule has 0 unspecified atom stereocenters. The lowest BCUT2D eigenvalue weighted by molar-refractivity contribution is -0.142. The van der Waals surface area contributed by atoms with E-state index < -0.39 is 0 Å². The lowest BCUT2D eigenvalue weighted by Crippen LogP contribution is -2.54. The van der Waals surface area contributed by atoms with Crippen molar-refractivity contribution >= 4 is 5.91 Å². The molecule has 2 fully saturated rings. The first-order valence-electron chi connectivity index (χ1n) is 6.24. The Labute approximate surface area is 92.2 Å². The first-order chi connectivity index (χ1) is 7.31. The predicted octanol–water partition coefficient (Wildman–Crippen LogP) is 1.24. The molecule has 15 heavy (non-hydrogen) atoms. The summed E-state index contributed by atoms with van der Waals surface area (Å²) in [5, 5.41) is 3.17. The second kappa shape index (κ2) is 4.97. The van der Waals surface area contributed by atoms with Crippen molar-refractivity contribution < 1.29 is 4.79 Å². The molecule has 3 heteroatoms. The van der Waals surface area contributed by atoms with Gasteiger partial charge < -0.3 is 10.2 Å². The SMILES string of the molecule is CNCC1CN(C(=O)C2CCCCC2)C1. The number of hydrogen-bond donors (Lipinski definition) is 1. The van der Waals surface area contributed by atoms with Crippen molar-refractivity contribution in [3.05, 3.63) is 0 Å². The van der Waals surface area contributed by atoms with Gasteiger partial charge in [-0.3, -0.25) is 4.79 Å². The number of likely N-dealkylation sites (tertiary alicyclic amines) is 1. The Bertz CT molecular complexity index is 218. The third-order valence-corrected chi connectivity index (χ3v) is 3.72. The molecule has 1 N–H and O–H groups in total. The quantitative estimate of drug-likeness (QED) is 0.760. The lowest BCUT2D eigenvalue weighted by Gasteiger charge is -2.41. The zero-order valence-electron chi connectivity index (χ0n) is 9.67. The Kier molecular flexibility index (Phi) is 3.62. The Morgan fingerprint density at radius 3 is 2.53 bits per heavy atom. The van der Waals surface area contributed by atoms with Crippen LogP contribution in [0, 0.1) is 11.8 Å². The van der Waals surface area contributed by atoms with Crippen LogP contribution in [0.3, 0.4) is 0 Å². The summed E-state index contributed by atoms with van der Waals surface area (Å²) in [6, 6.07) is 0. The minimum absolute atomic E-state index is 0.356. The van der Waals surface area contributed by atoms with Gasteiger partial charge in [0.05, 0.1) is 0 Å². The third-order valence-electron chi connectivity index (χ3n) is 3.72. The number of carbonyl (C=O) groups excluding carboxylic acids is 1. The summed E-state index contributed by atoms with van der Waals surface area (Å²) in [7, 11) is 1.98. The average molecular weight is 210 g/mol. The van der Waals surface area contributed by atoms with Crippen LogP contribution in [0.2, 0.25) is 0 Å². The zero-order chi connectivity index (χ0) is 10.7. The molecule has 86 valence electrons. The molecule has 1 saturated carbocycles. The molecule has 0 atom stereocenters. The number of nitrogens with one attached hydrogen (secondary N) is 1. The highest BCUT2D eigenvalue weighted by atomic mass is 16.2. The Hall–Kier alpha value is -0.570. The van der Waals surface area contributed by atoms with Crippen LogP contribution in [0.25, 0.3) is 0 Å². The van der Waals surface area contributed by atoms with Gasteiger partial charge in [-0.25, -0.2) is 0 Å². The van der Waals surface area contributed by atoms with E-state index in [0.717, 1.165) is 32.5 Å². The molecule has 2 aliphatic rings. The van der Waals surface area contributed by atoms with Gasteiger partial charge >= 0.3 is 0 Å². The first-order valence-corrected chi connectivity index (χ1v) is 6.24. The Morgan fingerprint density at radius 1 is 1.27 bits per heavy atom. The highest BCUT2D eigenvalue weighted by molar-refractivity contribution is 5.79. The van der Waals surface area contributed by atoms with Gasteiger partial charge in [0.2, 0.25) is 5.91 Å². The van der Waals surface area contributed by atoms with Gasteiger partial charge in [-0.1, -0.05) is 19.3 Å². The van der Waals surface area contributed by atoms with Crippen LogP contribution in [-0.2, 0) is 4.79 Å². The van der Waals surface area contributed by atoms with E-state index in [1.54, 1.807) is 0 Å². The molecule has 2 rings (SSSR count). The van der Waals surface area contributed by atoms with Crippen LogP contribution >= 0.6 is 0 Å². The number of carbonyl (C=O) groups is 1. The molecule has 1 saturated heterocycles. The van der Waals surface area contributed by atoms with Crippen LogP contribution in [0.5, 0.6) is 0 Å². The normalized spacial score (nSPS) is 23.9. The lowest BCUT2D eigenvalue weighted by atomic mass is 9.86. The largest absolute Gasteiger partial charge is 0.342 e. The van der Waals surface area contributed by atoms with Crippen molar-refractivity contribution in [2.24, 2.45) is 11.8 Å². The van der Waals surface area contributed by atoms with Crippen LogP contribution in [0.15, 0.2) is 0 Å². The minimum Gasteiger partial charge on any atom is -0.342 e. The fraction of sp³-hybridized carbons (Fsp3) is 0.917. The van der Waals surface area contributed by atoms with Gasteiger partial charge in [-0.15, -0.1) is 0 Å². The fourth-order valence-electron chi connectivity index (χ4n) is 2.78. The molecule has 0 spiro atoms. The van der Waals surface area contributed by atoms with E-state index in [1.165, 1.54) is 19.3 Å². The van der Waals surface area contributed by atoms with Crippen molar-refractivity contribution in [2.45, 2.75) is 32.1 Å². The number of nitrogens with zero attached hydrogens (tertiary/aromatic N) is 1. The fourth-order valence-corrected chi connectivity index (χ4v) is 2.78. The van der Waals surface area contributed by atoms with Gasteiger partial charge in [0, 0.05) is 31.5 Å². The van der Waals surface area contributed by atoms with E-state index in [9.17, 15) is 4.79 Å². The van der Waals surface area contributed by atoms with Gasteiger partial charge in [0.15, 0.2) is 0 Å². The zero-order valence-corrected chi connectivity index (χ0v) is 9.67. The maximum Gasteiger partial charge on any atom is 0.225 e. The second-order valence-electron chi connectivity index (χ2n) is 5.00. The van der Waals surface area contributed by atoms with E-state index in [-0.39, 0.29) is 0 Å². The maximum atomic E-state index is 12.0. The summed E-state index contributed by atoms with van der Waals surface area (Å²) in [6.07, 6.45) is 6.10. The molecule has 0 aromatic heterocycles. The molecular formula is C12H22N2O. The number of rotatable bonds is 3. The highest BCUT2D eigenvalue weighted by Gasteiger charge is 2.34. The summed E-state index contributed by atoms with van der Waals surface area (Å²) >= 11 is 0. The van der Waals surface area contributed by atoms with Gasteiger partial charge in [0.1, 0.15) is 0 Å². The van der Waals surface area contributed by atoms with E-state index in [1.807, 2.05) is 7.05 Å². The Balaban J connectivity index is 1.73. The van der Waals surface area contributed by atoms with Crippen LogP contribution in [0.4, 0.5) is 0 Å². The molecule has 1 heterocycles. The smallest absolute Gasteiger partial charge is 0.225 e. The van der Waals surface area contributed by atoms with Crippen molar-refractivity contribution in [3.63, 3.8) is 0 Å². The monoisotopic (exact) mass is 210 g/mol. The van der Waals surface area contributed by atoms with Gasteiger partial charge in [-0.2, -0.15) is 0 Å². The first kappa shape index (κ1) is 10.9. The molecule has 3 nitrogen and oxygen atoms in total. The van der Waals surface area contributed by atoms with Crippen molar-refractivity contribution in [1.29, 1.82) is 0 Å². The molecule has 1 amide bonds. The average Bonchev–Trinajstić information content (AvgIpc) is 2.23. The summed E-state index contributed by atoms with van der Waals surface area (Å²) in [5.74, 6) is 1.49. The van der Waals surface area contributed by atoms with Crippen molar-refractivity contribution in [3.8, 4) is 0 Å². The van der Waals surface area contributed by atoms with E-state index >= 15 is 0 Å². The maximum absolute atomic E-state index is 12.0. The summed E-state index contributed by atoms with van der Waals surface area (Å²) < 4.78 is 0. The van der Waals surface area contributed by atoms with Crippen LogP contribution in [0.1, 0.15) is 32.1 Å². The number of amides is 1. The third kappa shape index (κ3) is 2.51. The van der Waals surface area contributed by atoms with E-state index in [4.69, 9.17) is 0 Å².